The number of halogens is 2. The average Bonchev–Trinajstić information content (AvgIpc) is 2.63. The van der Waals surface area contributed by atoms with E-state index in [2.05, 4.69) is 5.10 Å². The summed E-state index contributed by atoms with van der Waals surface area (Å²) in [5, 5.41) is 5.59. The van der Waals surface area contributed by atoms with Gasteiger partial charge in [-0.05, 0) is 31.2 Å². The Morgan fingerprint density at radius 3 is 2.69 bits per heavy atom. The summed E-state index contributed by atoms with van der Waals surface area (Å²) in [7, 11) is 0. The van der Waals surface area contributed by atoms with Gasteiger partial charge in [-0.1, -0.05) is 23.2 Å². The third-order valence-electron chi connectivity index (χ3n) is 2.28. The molecule has 5 heteroatoms. The van der Waals surface area contributed by atoms with Crippen molar-refractivity contribution in [1.82, 2.24) is 9.78 Å². The van der Waals surface area contributed by atoms with E-state index in [9.17, 15) is 0 Å². The van der Waals surface area contributed by atoms with Crippen molar-refractivity contribution in [2.24, 2.45) is 5.73 Å². The van der Waals surface area contributed by atoms with Crippen LogP contribution in [0.3, 0.4) is 0 Å². The van der Waals surface area contributed by atoms with Crippen LogP contribution in [0.4, 0.5) is 0 Å². The third kappa shape index (κ3) is 2.07. The van der Waals surface area contributed by atoms with Crippen LogP contribution in [0.15, 0.2) is 24.3 Å². The number of aromatic nitrogens is 2. The largest absolute Gasteiger partial charge is 0.325 e. The molecule has 16 heavy (non-hydrogen) atoms. The molecule has 3 nitrogen and oxygen atoms in total. The van der Waals surface area contributed by atoms with Gasteiger partial charge in [0, 0.05) is 17.3 Å². The van der Waals surface area contributed by atoms with E-state index in [1.165, 1.54) is 0 Å². The summed E-state index contributed by atoms with van der Waals surface area (Å²) in [5.41, 5.74) is 8.12. The second-order valence-corrected chi connectivity index (χ2v) is 4.33. The quantitative estimate of drug-likeness (QED) is 0.897. The molecule has 0 atom stereocenters. The molecule has 0 aliphatic heterocycles. The Morgan fingerprint density at radius 1 is 1.31 bits per heavy atom. The van der Waals surface area contributed by atoms with Gasteiger partial charge in [0.1, 0.15) is 0 Å². The molecule has 0 saturated heterocycles. The third-order valence-corrected chi connectivity index (χ3v) is 2.84. The van der Waals surface area contributed by atoms with Crippen molar-refractivity contribution in [1.29, 1.82) is 0 Å². The topological polar surface area (TPSA) is 43.8 Å². The molecular formula is C11H11Cl2N3. The van der Waals surface area contributed by atoms with E-state index in [0.717, 1.165) is 17.1 Å². The highest BCUT2D eigenvalue weighted by molar-refractivity contribution is 6.34. The van der Waals surface area contributed by atoms with Crippen molar-refractivity contribution in [3.05, 3.63) is 45.7 Å². The lowest BCUT2D eigenvalue weighted by Crippen LogP contribution is -2.02. The molecule has 0 bridgehead atoms. The SMILES string of the molecule is Cc1cc(CN)nn1-c1cc(Cl)ccc1Cl. The van der Waals surface area contributed by atoms with E-state index in [0.29, 0.717) is 16.6 Å². The van der Waals surface area contributed by atoms with Crippen LogP contribution in [-0.2, 0) is 6.54 Å². The molecule has 2 rings (SSSR count). The van der Waals surface area contributed by atoms with Crippen LogP contribution in [0.1, 0.15) is 11.4 Å². The van der Waals surface area contributed by atoms with Gasteiger partial charge in [-0.2, -0.15) is 5.10 Å². The highest BCUT2D eigenvalue weighted by atomic mass is 35.5. The number of nitrogens with zero attached hydrogens (tertiary/aromatic N) is 2. The zero-order chi connectivity index (χ0) is 11.7. The van der Waals surface area contributed by atoms with E-state index in [-0.39, 0.29) is 0 Å². The van der Waals surface area contributed by atoms with E-state index in [1.807, 2.05) is 13.0 Å². The highest BCUT2D eigenvalue weighted by Crippen LogP contribution is 2.25. The molecule has 0 aliphatic carbocycles. The number of hydrogen-bond acceptors (Lipinski definition) is 2. The molecule has 0 radical (unpaired) electrons. The lowest BCUT2D eigenvalue weighted by Gasteiger charge is -2.06. The molecular weight excluding hydrogens is 245 g/mol. The van der Waals surface area contributed by atoms with Crippen LogP contribution in [0, 0.1) is 6.92 Å². The van der Waals surface area contributed by atoms with E-state index in [1.54, 1.807) is 22.9 Å². The maximum Gasteiger partial charge on any atom is 0.0849 e. The zero-order valence-electron chi connectivity index (χ0n) is 8.74. The van der Waals surface area contributed by atoms with Crippen molar-refractivity contribution in [2.75, 3.05) is 0 Å². The maximum absolute atomic E-state index is 6.10. The first-order valence-electron chi connectivity index (χ1n) is 4.83. The summed E-state index contributed by atoms with van der Waals surface area (Å²) in [6.45, 7) is 2.36. The van der Waals surface area contributed by atoms with Crippen molar-refractivity contribution in [3.63, 3.8) is 0 Å². The minimum absolute atomic E-state index is 0.409. The monoisotopic (exact) mass is 255 g/mol. The lowest BCUT2D eigenvalue weighted by molar-refractivity contribution is 0.813. The first kappa shape index (κ1) is 11.5. The Hall–Kier alpha value is -1.03. The van der Waals surface area contributed by atoms with E-state index < -0.39 is 0 Å². The second kappa shape index (κ2) is 4.45. The molecule has 2 aromatic rings. The molecule has 0 spiro atoms. The van der Waals surface area contributed by atoms with Gasteiger partial charge in [-0.25, -0.2) is 4.68 Å². The van der Waals surface area contributed by atoms with Crippen LogP contribution in [0.2, 0.25) is 10.0 Å². The summed E-state index contributed by atoms with van der Waals surface area (Å²) in [5.74, 6) is 0. The fraction of sp³-hybridized carbons (Fsp3) is 0.182. The standard InChI is InChI=1S/C11H11Cl2N3/c1-7-4-9(6-14)15-16(7)11-5-8(12)2-3-10(11)13/h2-5H,6,14H2,1H3. The van der Waals surface area contributed by atoms with Gasteiger partial charge in [0.2, 0.25) is 0 Å². The number of benzene rings is 1. The van der Waals surface area contributed by atoms with Gasteiger partial charge in [-0.3, -0.25) is 0 Å². The van der Waals surface area contributed by atoms with Crippen molar-refractivity contribution < 1.29 is 0 Å². The molecule has 2 N–H and O–H groups in total. The van der Waals surface area contributed by atoms with Crippen LogP contribution in [-0.4, -0.2) is 9.78 Å². The number of rotatable bonds is 2. The summed E-state index contributed by atoms with van der Waals surface area (Å²) in [4.78, 5) is 0. The fourth-order valence-corrected chi connectivity index (χ4v) is 1.89. The summed E-state index contributed by atoms with van der Waals surface area (Å²) in [6.07, 6.45) is 0. The smallest absolute Gasteiger partial charge is 0.0849 e. The lowest BCUT2D eigenvalue weighted by atomic mass is 10.3. The Morgan fingerprint density at radius 2 is 2.06 bits per heavy atom. The van der Waals surface area contributed by atoms with Gasteiger partial charge in [0.05, 0.1) is 16.4 Å². The Bertz CT molecular complexity index is 520. The van der Waals surface area contributed by atoms with Gasteiger partial charge in [0.15, 0.2) is 0 Å². The van der Waals surface area contributed by atoms with Gasteiger partial charge < -0.3 is 5.73 Å². The van der Waals surface area contributed by atoms with E-state index >= 15 is 0 Å². The molecule has 84 valence electrons. The van der Waals surface area contributed by atoms with Gasteiger partial charge in [-0.15, -0.1) is 0 Å². The Balaban J connectivity index is 2.57. The zero-order valence-corrected chi connectivity index (χ0v) is 10.3. The normalized spacial score (nSPS) is 10.8. The van der Waals surface area contributed by atoms with E-state index in [4.69, 9.17) is 28.9 Å². The van der Waals surface area contributed by atoms with Crippen molar-refractivity contribution in [3.8, 4) is 5.69 Å². The molecule has 1 aromatic heterocycles. The van der Waals surface area contributed by atoms with Crippen molar-refractivity contribution >= 4 is 23.2 Å². The van der Waals surface area contributed by atoms with Gasteiger partial charge in [0.25, 0.3) is 0 Å². The minimum atomic E-state index is 0.409. The minimum Gasteiger partial charge on any atom is -0.325 e. The first-order chi connectivity index (χ1) is 7.61. The van der Waals surface area contributed by atoms with Gasteiger partial charge >= 0.3 is 0 Å². The van der Waals surface area contributed by atoms with Crippen LogP contribution in [0.25, 0.3) is 5.69 Å². The fourth-order valence-electron chi connectivity index (χ4n) is 1.53. The Kier molecular flexibility index (Phi) is 3.19. The first-order valence-corrected chi connectivity index (χ1v) is 5.58. The number of hydrogen-bond donors (Lipinski definition) is 1. The summed E-state index contributed by atoms with van der Waals surface area (Å²) in [6, 6.07) is 7.21. The molecule has 0 fully saturated rings. The molecule has 0 aliphatic rings. The maximum atomic E-state index is 6.10. The van der Waals surface area contributed by atoms with Crippen LogP contribution >= 0.6 is 23.2 Å². The summed E-state index contributed by atoms with van der Waals surface area (Å²) >= 11 is 12.0. The predicted octanol–water partition coefficient (Wildman–Crippen LogP) is 2.95. The van der Waals surface area contributed by atoms with Crippen LogP contribution in [0.5, 0.6) is 0 Å². The Labute approximate surface area is 104 Å². The molecule has 1 heterocycles. The molecule has 1 aromatic carbocycles. The summed E-state index contributed by atoms with van der Waals surface area (Å²) < 4.78 is 1.75. The molecule has 0 unspecified atom stereocenters. The highest BCUT2D eigenvalue weighted by Gasteiger charge is 2.09. The predicted molar refractivity (Wildman–Crippen MR) is 66.2 cm³/mol. The average molecular weight is 256 g/mol. The van der Waals surface area contributed by atoms with Crippen molar-refractivity contribution in [2.45, 2.75) is 13.5 Å². The number of nitrogens with two attached hydrogens (primary N) is 1. The second-order valence-electron chi connectivity index (χ2n) is 3.49. The molecule has 0 amide bonds. The molecule has 0 saturated carbocycles. The number of aryl methyl sites for hydroxylation is 1. The van der Waals surface area contributed by atoms with Crippen LogP contribution < -0.4 is 5.73 Å².